The average Bonchev–Trinajstić information content (AvgIpc) is 2.81. The van der Waals surface area contributed by atoms with Gasteiger partial charge in [-0.15, -0.1) is 0 Å². The van der Waals surface area contributed by atoms with Gasteiger partial charge in [0.1, 0.15) is 12.6 Å². The third kappa shape index (κ3) is 7.67. The monoisotopic (exact) mass is 444 g/mol. The molecule has 10 nitrogen and oxygen atoms in total. The van der Waals surface area contributed by atoms with Gasteiger partial charge in [0.25, 0.3) is 11.8 Å². The molecule has 0 aromatic heterocycles. The van der Waals surface area contributed by atoms with Crippen LogP contribution in [-0.4, -0.2) is 60.4 Å². The Morgan fingerprint density at radius 1 is 1.19 bits per heavy atom. The maximum Gasteiger partial charge on any atom is 0.332 e. The summed E-state index contributed by atoms with van der Waals surface area (Å²) in [6.45, 7) is 4.08. The summed E-state index contributed by atoms with van der Waals surface area (Å²) >= 11 is 0. The molecule has 1 aromatic carbocycles. The van der Waals surface area contributed by atoms with Crippen molar-refractivity contribution >= 4 is 23.7 Å². The molecule has 1 atom stereocenters. The number of nitrogens with zero attached hydrogens (tertiary/aromatic N) is 2. The molecule has 1 unspecified atom stereocenters. The van der Waals surface area contributed by atoms with Crippen LogP contribution in [0.4, 0.5) is 0 Å². The first-order valence-electron chi connectivity index (χ1n) is 10.5. The van der Waals surface area contributed by atoms with Gasteiger partial charge < -0.3 is 19.8 Å². The number of nitrogens with one attached hydrogen (secondary N) is 2. The molecule has 32 heavy (non-hydrogen) atoms. The van der Waals surface area contributed by atoms with E-state index in [2.05, 4.69) is 15.6 Å². The third-order valence-corrected chi connectivity index (χ3v) is 4.93. The number of amides is 3. The minimum Gasteiger partial charge on any atom is -0.368 e. The number of carbonyl (C=O) groups excluding carboxylic acids is 4. The Kier molecular flexibility index (Phi) is 9.63. The van der Waals surface area contributed by atoms with Gasteiger partial charge in [-0.2, -0.15) is 10.7 Å². The molecule has 1 aliphatic heterocycles. The van der Waals surface area contributed by atoms with Crippen LogP contribution < -0.4 is 10.8 Å². The van der Waals surface area contributed by atoms with Crippen LogP contribution in [0.25, 0.3) is 0 Å². The first-order chi connectivity index (χ1) is 15.3. The molecule has 0 bridgehead atoms. The van der Waals surface area contributed by atoms with E-state index in [-0.39, 0.29) is 30.9 Å². The van der Waals surface area contributed by atoms with E-state index >= 15 is 0 Å². The summed E-state index contributed by atoms with van der Waals surface area (Å²) in [4.78, 5) is 54.1. The summed E-state index contributed by atoms with van der Waals surface area (Å²) < 4.78 is 5.53. The fourth-order valence-electron chi connectivity index (χ4n) is 3.15. The van der Waals surface area contributed by atoms with E-state index in [0.29, 0.717) is 43.5 Å². The second-order valence-corrected chi connectivity index (χ2v) is 7.47. The number of hydrogen-bond donors (Lipinski definition) is 2. The van der Waals surface area contributed by atoms with E-state index in [1.165, 1.54) is 12.1 Å². The van der Waals surface area contributed by atoms with Gasteiger partial charge in [-0.1, -0.05) is 6.92 Å². The fourth-order valence-corrected chi connectivity index (χ4v) is 3.15. The van der Waals surface area contributed by atoms with Crippen LogP contribution in [0.2, 0.25) is 0 Å². The molecule has 1 heterocycles. The highest BCUT2D eigenvalue weighted by molar-refractivity contribution is 5.97. The van der Waals surface area contributed by atoms with Crippen molar-refractivity contribution in [3.05, 3.63) is 35.4 Å². The van der Waals surface area contributed by atoms with E-state index in [1.54, 1.807) is 24.0 Å². The lowest BCUT2D eigenvalue weighted by molar-refractivity contribution is -0.161. The standard InChI is InChI=1S/C22H28N4O6/c1-3-4-20(28)32-25-19(27)14-31-18-9-11-26(12-10-18)22(30)15(2)24-21(29)17-7-5-16(13-23)6-8-17/h5-8,15,18H,3-4,9-12,14H2,1-2H3,(H,24,29)(H,25,27). The van der Waals surface area contributed by atoms with Crippen molar-refractivity contribution in [1.82, 2.24) is 15.7 Å². The van der Waals surface area contributed by atoms with Crippen LogP contribution in [-0.2, 0) is 24.0 Å². The van der Waals surface area contributed by atoms with Crippen LogP contribution in [0.3, 0.4) is 0 Å². The average molecular weight is 444 g/mol. The van der Waals surface area contributed by atoms with Crippen molar-refractivity contribution in [3.8, 4) is 6.07 Å². The van der Waals surface area contributed by atoms with E-state index < -0.39 is 17.9 Å². The van der Waals surface area contributed by atoms with E-state index in [4.69, 9.17) is 10.00 Å². The predicted octanol–water partition coefficient (Wildman–Crippen LogP) is 1.06. The summed E-state index contributed by atoms with van der Waals surface area (Å²) in [6.07, 6.45) is 1.75. The minimum atomic E-state index is -0.709. The van der Waals surface area contributed by atoms with Crippen molar-refractivity contribution in [2.75, 3.05) is 19.7 Å². The molecule has 0 radical (unpaired) electrons. The lowest BCUT2D eigenvalue weighted by Gasteiger charge is -2.33. The smallest absolute Gasteiger partial charge is 0.332 e. The highest BCUT2D eigenvalue weighted by atomic mass is 16.7. The maximum atomic E-state index is 12.7. The lowest BCUT2D eigenvalue weighted by atomic mass is 10.1. The van der Waals surface area contributed by atoms with Crippen molar-refractivity contribution in [3.63, 3.8) is 0 Å². The van der Waals surface area contributed by atoms with Gasteiger partial charge in [-0.3, -0.25) is 14.4 Å². The zero-order chi connectivity index (χ0) is 23.5. The summed E-state index contributed by atoms with van der Waals surface area (Å²) in [5.41, 5.74) is 2.87. The molecule has 3 amide bonds. The lowest BCUT2D eigenvalue weighted by Crippen LogP contribution is -2.50. The van der Waals surface area contributed by atoms with Crippen molar-refractivity contribution in [2.24, 2.45) is 0 Å². The maximum absolute atomic E-state index is 12.7. The molecule has 1 aliphatic rings. The molecular weight excluding hydrogens is 416 g/mol. The number of ether oxygens (including phenoxy) is 1. The molecule has 0 aliphatic carbocycles. The van der Waals surface area contributed by atoms with E-state index in [1.807, 2.05) is 13.0 Å². The van der Waals surface area contributed by atoms with E-state index in [0.717, 1.165) is 0 Å². The first-order valence-corrected chi connectivity index (χ1v) is 10.5. The summed E-state index contributed by atoms with van der Waals surface area (Å²) in [5.74, 6) is -1.65. The molecule has 0 spiro atoms. The van der Waals surface area contributed by atoms with Gasteiger partial charge in [0.2, 0.25) is 5.91 Å². The number of likely N-dealkylation sites (tertiary alicyclic amines) is 1. The number of piperidine rings is 1. The van der Waals surface area contributed by atoms with Gasteiger partial charge in [0, 0.05) is 25.1 Å². The molecular formula is C22H28N4O6. The largest absolute Gasteiger partial charge is 0.368 e. The van der Waals surface area contributed by atoms with E-state index in [9.17, 15) is 19.2 Å². The number of carbonyl (C=O) groups is 4. The number of benzene rings is 1. The van der Waals surface area contributed by atoms with Crippen molar-refractivity contribution in [1.29, 1.82) is 5.26 Å². The fraction of sp³-hybridized carbons (Fsp3) is 0.500. The molecule has 2 rings (SSSR count). The predicted molar refractivity (Wildman–Crippen MR) is 113 cm³/mol. The molecule has 1 fully saturated rings. The number of hydrogen-bond acceptors (Lipinski definition) is 7. The number of hydroxylamine groups is 1. The Labute approximate surface area is 186 Å². The van der Waals surface area contributed by atoms with Gasteiger partial charge in [0.05, 0.1) is 17.7 Å². The second kappa shape index (κ2) is 12.4. The van der Waals surface area contributed by atoms with Crippen LogP contribution in [0, 0.1) is 11.3 Å². The quantitative estimate of drug-likeness (QED) is 0.572. The Balaban J connectivity index is 1.71. The van der Waals surface area contributed by atoms with Gasteiger partial charge in [-0.05, 0) is 50.5 Å². The third-order valence-electron chi connectivity index (χ3n) is 4.93. The van der Waals surface area contributed by atoms with Crippen LogP contribution in [0.15, 0.2) is 24.3 Å². The summed E-state index contributed by atoms with van der Waals surface area (Å²) in [6, 6.07) is 7.43. The Morgan fingerprint density at radius 2 is 1.84 bits per heavy atom. The van der Waals surface area contributed by atoms with Crippen molar-refractivity contribution in [2.45, 2.75) is 51.7 Å². The zero-order valence-electron chi connectivity index (χ0n) is 18.3. The Morgan fingerprint density at radius 3 is 2.44 bits per heavy atom. The molecule has 1 aromatic rings. The van der Waals surface area contributed by atoms with Crippen LogP contribution in [0.1, 0.15) is 55.5 Å². The topological polar surface area (TPSA) is 138 Å². The Hall–Kier alpha value is -3.45. The highest BCUT2D eigenvalue weighted by Gasteiger charge is 2.27. The zero-order valence-corrected chi connectivity index (χ0v) is 18.3. The van der Waals surface area contributed by atoms with Gasteiger partial charge in [0.15, 0.2) is 0 Å². The van der Waals surface area contributed by atoms with Gasteiger partial charge in [-0.25, -0.2) is 4.79 Å². The first kappa shape index (κ1) is 24.8. The molecule has 172 valence electrons. The SMILES string of the molecule is CCCC(=O)ONC(=O)COC1CCN(C(=O)C(C)NC(=O)c2ccc(C#N)cc2)CC1. The summed E-state index contributed by atoms with van der Waals surface area (Å²) in [5, 5.41) is 11.5. The molecule has 2 N–H and O–H groups in total. The van der Waals surface area contributed by atoms with Crippen LogP contribution >= 0.6 is 0 Å². The Bertz CT molecular complexity index is 856. The minimum absolute atomic E-state index is 0.195. The molecule has 0 saturated carbocycles. The second-order valence-electron chi connectivity index (χ2n) is 7.47. The van der Waals surface area contributed by atoms with Crippen LogP contribution in [0.5, 0.6) is 0 Å². The van der Waals surface area contributed by atoms with Crippen molar-refractivity contribution < 1.29 is 28.8 Å². The number of rotatable bonds is 8. The number of nitriles is 1. The molecule has 10 heteroatoms. The highest BCUT2D eigenvalue weighted by Crippen LogP contribution is 2.15. The normalized spacial score (nSPS) is 14.7. The molecule has 1 saturated heterocycles. The summed E-state index contributed by atoms with van der Waals surface area (Å²) in [7, 11) is 0. The van der Waals surface area contributed by atoms with Gasteiger partial charge >= 0.3 is 5.97 Å².